The van der Waals surface area contributed by atoms with Crippen molar-refractivity contribution < 1.29 is 5.11 Å². The molecule has 1 N–H and O–H groups in total. The van der Waals surface area contributed by atoms with Crippen molar-refractivity contribution in [3.05, 3.63) is 35.4 Å². The monoisotopic (exact) mass is 285 g/mol. The highest BCUT2D eigenvalue weighted by Crippen LogP contribution is 2.56. The van der Waals surface area contributed by atoms with Crippen LogP contribution in [0, 0.1) is 12.8 Å². The van der Waals surface area contributed by atoms with E-state index in [1.54, 1.807) is 0 Å². The first-order valence-corrected chi connectivity index (χ1v) is 8.67. The minimum absolute atomic E-state index is 0.443. The van der Waals surface area contributed by atoms with E-state index in [1.807, 2.05) is 0 Å². The van der Waals surface area contributed by atoms with Crippen LogP contribution in [0.4, 0.5) is 0 Å². The Labute approximate surface area is 128 Å². The topological polar surface area (TPSA) is 23.5 Å². The Bertz CT molecular complexity index is 525. The number of aliphatic hydroxyl groups is 1. The van der Waals surface area contributed by atoms with Crippen LogP contribution < -0.4 is 0 Å². The van der Waals surface area contributed by atoms with E-state index in [0.717, 1.165) is 19.4 Å². The third kappa shape index (κ3) is 1.99. The van der Waals surface area contributed by atoms with Gasteiger partial charge in [0.15, 0.2) is 0 Å². The first-order chi connectivity index (χ1) is 10.1. The Morgan fingerprint density at radius 2 is 2.00 bits per heavy atom. The Morgan fingerprint density at radius 1 is 1.24 bits per heavy atom. The second-order valence-electron chi connectivity index (χ2n) is 7.60. The predicted octanol–water partition coefficient (Wildman–Crippen LogP) is 3.48. The van der Waals surface area contributed by atoms with Gasteiger partial charge in [0.05, 0.1) is 5.60 Å². The molecule has 0 aliphatic carbocycles. The summed E-state index contributed by atoms with van der Waals surface area (Å²) in [5.74, 6) is 0.998. The Kier molecular flexibility index (Phi) is 3.16. The van der Waals surface area contributed by atoms with Crippen molar-refractivity contribution in [2.45, 2.75) is 69.6 Å². The smallest absolute Gasteiger partial charge is 0.0822 e. The molecular formula is C19H27NO. The van der Waals surface area contributed by atoms with Gasteiger partial charge in [-0.15, -0.1) is 0 Å². The number of hydrogen-bond acceptors (Lipinski definition) is 2. The van der Waals surface area contributed by atoms with Crippen molar-refractivity contribution in [2.75, 3.05) is 6.54 Å². The van der Waals surface area contributed by atoms with E-state index in [9.17, 15) is 5.11 Å². The number of benzene rings is 1. The highest BCUT2D eigenvalue weighted by atomic mass is 16.3. The van der Waals surface area contributed by atoms with E-state index in [1.165, 1.54) is 30.4 Å². The first-order valence-electron chi connectivity index (χ1n) is 8.67. The lowest BCUT2D eigenvalue weighted by Crippen LogP contribution is -2.43. The standard InChI is InChI=1S/C19H27NO/c1-3-10-19(21)12-20-15-8-9-17(20)18(19)16(11-15)14-6-4-13(2)5-7-14/h4-7,15-18,21H,3,8-12H2,1-2H3/t15-,16-,17?,18?,19-/m1/s1. The molecule has 0 amide bonds. The third-order valence-electron chi connectivity index (χ3n) is 6.33. The molecule has 3 aliphatic heterocycles. The molecule has 0 aromatic heterocycles. The van der Waals surface area contributed by atoms with Crippen LogP contribution in [0.2, 0.25) is 0 Å². The van der Waals surface area contributed by atoms with Crippen molar-refractivity contribution in [3.8, 4) is 0 Å². The zero-order chi connectivity index (χ0) is 14.6. The van der Waals surface area contributed by atoms with E-state index < -0.39 is 5.60 Å². The molecule has 1 aromatic rings. The maximum atomic E-state index is 11.3. The molecule has 0 radical (unpaired) electrons. The Morgan fingerprint density at radius 3 is 2.71 bits per heavy atom. The number of nitrogens with zero attached hydrogens (tertiary/aromatic N) is 1. The molecule has 3 unspecified atom stereocenters. The molecule has 3 fully saturated rings. The van der Waals surface area contributed by atoms with Crippen molar-refractivity contribution >= 4 is 0 Å². The fourth-order valence-electron chi connectivity index (χ4n) is 5.55. The summed E-state index contributed by atoms with van der Waals surface area (Å²) in [7, 11) is 0. The molecular weight excluding hydrogens is 258 g/mol. The minimum atomic E-state index is -0.454. The van der Waals surface area contributed by atoms with Crippen LogP contribution in [0.15, 0.2) is 24.3 Å². The Hall–Kier alpha value is -0.860. The maximum Gasteiger partial charge on any atom is 0.0822 e. The first kappa shape index (κ1) is 13.8. The van der Waals surface area contributed by atoms with E-state index in [4.69, 9.17) is 0 Å². The van der Waals surface area contributed by atoms with Crippen molar-refractivity contribution in [1.29, 1.82) is 0 Å². The summed E-state index contributed by atoms with van der Waals surface area (Å²) in [5.41, 5.74) is 2.33. The number of hydrogen-bond donors (Lipinski definition) is 1. The summed E-state index contributed by atoms with van der Waals surface area (Å²) in [6, 6.07) is 10.4. The van der Waals surface area contributed by atoms with Gasteiger partial charge in [-0.1, -0.05) is 43.2 Å². The van der Waals surface area contributed by atoms with Gasteiger partial charge in [-0.05, 0) is 44.1 Å². The number of piperidine rings is 1. The van der Waals surface area contributed by atoms with Crippen LogP contribution in [0.25, 0.3) is 0 Å². The minimum Gasteiger partial charge on any atom is -0.388 e. The molecule has 1 aromatic carbocycles. The lowest BCUT2D eigenvalue weighted by molar-refractivity contribution is -0.00776. The molecule has 3 aliphatic rings. The Balaban J connectivity index is 1.72. The van der Waals surface area contributed by atoms with Gasteiger partial charge in [-0.2, -0.15) is 0 Å². The molecule has 21 heavy (non-hydrogen) atoms. The summed E-state index contributed by atoms with van der Waals surface area (Å²) < 4.78 is 0. The quantitative estimate of drug-likeness (QED) is 0.919. The van der Waals surface area contributed by atoms with Crippen molar-refractivity contribution in [3.63, 3.8) is 0 Å². The molecule has 3 saturated heterocycles. The van der Waals surface area contributed by atoms with Crippen molar-refractivity contribution in [1.82, 2.24) is 4.90 Å². The van der Waals surface area contributed by atoms with Crippen LogP contribution in [0.3, 0.4) is 0 Å². The summed E-state index contributed by atoms with van der Waals surface area (Å²) in [5, 5.41) is 11.3. The molecule has 0 spiro atoms. The largest absolute Gasteiger partial charge is 0.388 e. The van der Waals surface area contributed by atoms with Crippen LogP contribution in [0.1, 0.15) is 56.1 Å². The number of aryl methyl sites for hydroxylation is 1. The van der Waals surface area contributed by atoms with Crippen LogP contribution in [0.5, 0.6) is 0 Å². The zero-order valence-electron chi connectivity index (χ0n) is 13.3. The van der Waals surface area contributed by atoms with Gasteiger partial charge in [-0.25, -0.2) is 0 Å². The second kappa shape index (κ2) is 4.82. The number of rotatable bonds is 3. The molecule has 0 saturated carbocycles. The average molecular weight is 285 g/mol. The van der Waals surface area contributed by atoms with E-state index in [-0.39, 0.29) is 0 Å². The molecule has 2 heteroatoms. The van der Waals surface area contributed by atoms with Gasteiger partial charge in [0.25, 0.3) is 0 Å². The van der Waals surface area contributed by atoms with Gasteiger partial charge in [0, 0.05) is 24.5 Å². The molecule has 3 heterocycles. The maximum absolute atomic E-state index is 11.3. The highest BCUT2D eigenvalue weighted by Gasteiger charge is 2.61. The highest BCUT2D eigenvalue weighted by molar-refractivity contribution is 5.30. The van der Waals surface area contributed by atoms with Gasteiger partial charge < -0.3 is 5.11 Å². The lowest BCUT2D eigenvalue weighted by Gasteiger charge is -2.40. The van der Waals surface area contributed by atoms with Crippen LogP contribution >= 0.6 is 0 Å². The van der Waals surface area contributed by atoms with E-state index in [2.05, 4.69) is 43.0 Å². The van der Waals surface area contributed by atoms with E-state index in [0.29, 0.717) is 23.9 Å². The molecule has 114 valence electrons. The van der Waals surface area contributed by atoms with Gasteiger partial charge >= 0.3 is 0 Å². The van der Waals surface area contributed by atoms with Gasteiger partial charge in [0.1, 0.15) is 0 Å². The summed E-state index contributed by atoms with van der Waals surface area (Å²) >= 11 is 0. The molecule has 2 nitrogen and oxygen atoms in total. The van der Waals surface area contributed by atoms with Crippen LogP contribution in [-0.2, 0) is 0 Å². The second-order valence-corrected chi connectivity index (χ2v) is 7.60. The van der Waals surface area contributed by atoms with Crippen molar-refractivity contribution in [2.24, 2.45) is 5.92 Å². The molecule has 6 atom stereocenters. The predicted molar refractivity (Wildman–Crippen MR) is 85.4 cm³/mol. The van der Waals surface area contributed by atoms with Gasteiger partial charge in [0.2, 0.25) is 0 Å². The third-order valence-corrected chi connectivity index (χ3v) is 6.33. The lowest BCUT2D eigenvalue weighted by atomic mass is 9.70. The summed E-state index contributed by atoms with van der Waals surface area (Å²) in [4.78, 5) is 2.64. The normalized spacial score (nSPS) is 44.2. The molecule has 4 rings (SSSR count). The fourth-order valence-corrected chi connectivity index (χ4v) is 5.55. The van der Waals surface area contributed by atoms with Gasteiger partial charge in [-0.3, -0.25) is 4.90 Å². The van der Waals surface area contributed by atoms with Crippen LogP contribution in [-0.4, -0.2) is 34.2 Å². The van der Waals surface area contributed by atoms with E-state index >= 15 is 0 Å². The molecule has 4 bridgehead atoms. The SMILES string of the molecule is CCC[C@@]1(O)CN2C3CC[C@@H]2C[C@H](c2ccc(C)cc2)C31. The summed E-state index contributed by atoms with van der Waals surface area (Å²) in [6.45, 7) is 5.27. The summed E-state index contributed by atoms with van der Waals surface area (Å²) in [6.07, 6.45) is 5.92. The zero-order valence-corrected chi connectivity index (χ0v) is 13.3. The average Bonchev–Trinajstić information content (AvgIpc) is 2.82. The fraction of sp³-hybridized carbons (Fsp3) is 0.684.